The van der Waals surface area contributed by atoms with E-state index in [0.29, 0.717) is 12.5 Å². The first-order valence-corrected chi connectivity index (χ1v) is 7.14. The van der Waals surface area contributed by atoms with Gasteiger partial charge in [-0.15, -0.1) is 0 Å². The Balaban J connectivity index is 1.74. The van der Waals surface area contributed by atoms with Gasteiger partial charge in [0.05, 0.1) is 0 Å². The van der Waals surface area contributed by atoms with Crippen LogP contribution in [0, 0.1) is 0 Å². The number of hydrogen-bond donors (Lipinski definition) is 1. The summed E-state index contributed by atoms with van der Waals surface area (Å²) in [5.74, 6) is 3.11. The number of nitrogens with one attached hydrogen (secondary N) is 1. The molecule has 0 amide bonds. The lowest BCUT2D eigenvalue weighted by Gasteiger charge is -2.09. The minimum absolute atomic E-state index is 0.406. The van der Waals surface area contributed by atoms with Gasteiger partial charge in [0.1, 0.15) is 18.2 Å². The van der Waals surface area contributed by atoms with Crippen molar-refractivity contribution < 1.29 is 4.74 Å². The van der Waals surface area contributed by atoms with Crippen molar-refractivity contribution in [3.05, 3.63) is 47.9 Å². The molecule has 104 valence electrons. The van der Waals surface area contributed by atoms with E-state index >= 15 is 0 Å². The SMILES string of the molecule is CCNc1cc(C2CC2)nc(COc2ccccc2)n1. The Bertz CT molecular complexity index is 567. The molecule has 0 radical (unpaired) electrons. The third-order valence-electron chi connectivity index (χ3n) is 3.26. The van der Waals surface area contributed by atoms with E-state index in [9.17, 15) is 0 Å². The highest BCUT2D eigenvalue weighted by atomic mass is 16.5. The Morgan fingerprint density at radius 1 is 1.20 bits per heavy atom. The van der Waals surface area contributed by atoms with Crippen LogP contribution in [0.15, 0.2) is 36.4 Å². The lowest BCUT2D eigenvalue weighted by molar-refractivity contribution is 0.295. The molecule has 1 N–H and O–H groups in total. The van der Waals surface area contributed by atoms with Crippen molar-refractivity contribution in [2.24, 2.45) is 0 Å². The molecule has 1 fully saturated rings. The molecule has 1 aromatic heterocycles. The molecule has 20 heavy (non-hydrogen) atoms. The van der Waals surface area contributed by atoms with Gasteiger partial charge in [-0.05, 0) is 31.9 Å². The molecule has 4 heteroatoms. The van der Waals surface area contributed by atoms with Crippen molar-refractivity contribution in [1.82, 2.24) is 9.97 Å². The van der Waals surface area contributed by atoms with Crippen LogP contribution in [-0.4, -0.2) is 16.5 Å². The highest BCUT2D eigenvalue weighted by molar-refractivity contribution is 5.38. The van der Waals surface area contributed by atoms with Crippen LogP contribution >= 0.6 is 0 Å². The van der Waals surface area contributed by atoms with Crippen molar-refractivity contribution in [2.45, 2.75) is 32.3 Å². The normalized spacial score (nSPS) is 14.1. The molecule has 1 aromatic carbocycles. The predicted octanol–water partition coefficient (Wildman–Crippen LogP) is 3.36. The quantitative estimate of drug-likeness (QED) is 0.873. The Hall–Kier alpha value is -2.10. The molecule has 1 saturated carbocycles. The fourth-order valence-corrected chi connectivity index (χ4v) is 2.11. The highest BCUT2D eigenvalue weighted by Gasteiger charge is 2.26. The van der Waals surface area contributed by atoms with Crippen molar-refractivity contribution >= 4 is 5.82 Å². The van der Waals surface area contributed by atoms with E-state index in [-0.39, 0.29) is 0 Å². The maximum atomic E-state index is 5.73. The molecule has 0 aliphatic heterocycles. The molecule has 0 bridgehead atoms. The van der Waals surface area contributed by atoms with Crippen LogP contribution < -0.4 is 10.1 Å². The lowest BCUT2D eigenvalue weighted by atomic mass is 10.2. The number of para-hydroxylation sites is 1. The smallest absolute Gasteiger partial charge is 0.168 e. The summed E-state index contributed by atoms with van der Waals surface area (Å²) < 4.78 is 5.73. The van der Waals surface area contributed by atoms with Gasteiger partial charge in [-0.3, -0.25) is 0 Å². The van der Waals surface area contributed by atoms with E-state index in [1.54, 1.807) is 0 Å². The first-order chi connectivity index (χ1) is 9.85. The third-order valence-corrected chi connectivity index (χ3v) is 3.26. The molecule has 0 saturated heterocycles. The van der Waals surface area contributed by atoms with Gasteiger partial charge in [0, 0.05) is 24.2 Å². The Morgan fingerprint density at radius 3 is 2.70 bits per heavy atom. The van der Waals surface area contributed by atoms with Gasteiger partial charge in [0.25, 0.3) is 0 Å². The van der Waals surface area contributed by atoms with E-state index in [0.717, 1.165) is 29.6 Å². The van der Waals surface area contributed by atoms with E-state index in [4.69, 9.17) is 4.74 Å². The highest BCUT2D eigenvalue weighted by Crippen LogP contribution is 2.39. The molecule has 0 spiro atoms. The van der Waals surface area contributed by atoms with Gasteiger partial charge >= 0.3 is 0 Å². The van der Waals surface area contributed by atoms with Gasteiger partial charge in [-0.25, -0.2) is 9.97 Å². The summed E-state index contributed by atoms with van der Waals surface area (Å²) in [5, 5.41) is 3.26. The number of nitrogens with zero attached hydrogens (tertiary/aromatic N) is 2. The number of hydrogen-bond acceptors (Lipinski definition) is 4. The molecule has 2 aromatic rings. The molecule has 1 aliphatic rings. The minimum Gasteiger partial charge on any atom is -0.486 e. The number of benzene rings is 1. The first-order valence-electron chi connectivity index (χ1n) is 7.14. The summed E-state index contributed by atoms with van der Waals surface area (Å²) in [7, 11) is 0. The van der Waals surface area contributed by atoms with Gasteiger partial charge in [0.15, 0.2) is 5.82 Å². The molecule has 1 aliphatic carbocycles. The van der Waals surface area contributed by atoms with Gasteiger partial charge in [-0.1, -0.05) is 18.2 Å². The van der Waals surface area contributed by atoms with Crippen molar-refractivity contribution in [3.8, 4) is 5.75 Å². The van der Waals surface area contributed by atoms with Crippen LogP contribution in [0.4, 0.5) is 5.82 Å². The van der Waals surface area contributed by atoms with Crippen LogP contribution in [0.2, 0.25) is 0 Å². The van der Waals surface area contributed by atoms with Crippen molar-refractivity contribution in [1.29, 1.82) is 0 Å². The fourth-order valence-electron chi connectivity index (χ4n) is 2.11. The lowest BCUT2D eigenvalue weighted by Crippen LogP contribution is -2.08. The predicted molar refractivity (Wildman–Crippen MR) is 78.9 cm³/mol. The molecule has 0 atom stereocenters. The fraction of sp³-hybridized carbons (Fsp3) is 0.375. The van der Waals surface area contributed by atoms with Gasteiger partial charge < -0.3 is 10.1 Å². The second-order valence-corrected chi connectivity index (χ2v) is 5.00. The number of rotatable bonds is 6. The summed E-state index contributed by atoms with van der Waals surface area (Å²) in [6, 6.07) is 11.8. The second kappa shape index (κ2) is 5.90. The number of anilines is 1. The molecule has 0 unspecified atom stereocenters. The van der Waals surface area contributed by atoms with E-state index < -0.39 is 0 Å². The largest absolute Gasteiger partial charge is 0.486 e. The second-order valence-electron chi connectivity index (χ2n) is 5.00. The summed E-state index contributed by atoms with van der Waals surface area (Å²) >= 11 is 0. The first kappa shape index (κ1) is 12.9. The summed E-state index contributed by atoms with van der Waals surface area (Å²) in [6.07, 6.45) is 2.48. The summed E-state index contributed by atoms with van der Waals surface area (Å²) in [5.41, 5.74) is 1.14. The Kier molecular flexibility index (Phi) is 3.81. The zero-order valence-corrected chi connectivity index (χ0v) is 11.7. The van der Waals surface area contributed by atoms with Gasteiger partial charge in [-0.2, -0.15) is 0 Å². The van der Waals surface area contributed by atoms with Crippen LogP contribution in [0.25, 0.3) is 0 Å². The third kappa shape index (κ3) is 3.26. The van der Waals surface area contributed by atoms with E-state index in [1.807, 2.05) is 30.3 Å². The monoisotopic (exact) mass is 269 g/mol. The zero-order valence-electron chi connectivity index (χ0n) is 11.7. The Morgan fingerprint density at radius 2 is 2.00 bits per heavy atom. The molecular formula is C16H19N3O. The average molecular weight is 269 g/mol. The average Bonchev–Trinajstić information content (AvgIpc) is 3.31. The van der Waals surface area contributed by atoms with Crippen LogP contribution in [0.1, 0.15) is 37.2 Å². The van der Waals surface area contributed by atoms with Crippen LogP contribution in [-0.2, 0) is 6.61 Å². The minimum atomic E-state index is 0.406. The van der Waals surface area contributed by atoms with Crippen molar-refractivity contribution in [3.63, 3.8) is 0 Å². The maximum absolute atomic E-state index is 5.73. The van der Waals surface area contributed by atoms with E-state index in [2.05, 4.69) is 28.3 Å². The van der Waals surface area contributed by atoms with Gasteiger partial charge in [0.2, 0.25) is 0 Å². The molecule has 1 heterocycles. The molecule has 3 rings (SSSR count). The number of aromatic nitrogens is 2. The molecular weight excluding hydrogens is 250 g/mol. The maximum Gasteiger partial charge on any atom is 0.168 e. The standard InChI is InChI=1S/C16H19N3O/c1-2-17-15-10-14(12-8-9-12)18-16(19-15)11-20-13-6-4-3-5-7-13/h3-7,10,12H,2,8-9,11H2,1H3,(H,17,18,19). The topological polar surface area (TPSA) is 47.0 Å². The number of ether oxygens (including phenoxy) is 1. The van der Waals surface area contributed by atoms with E-state index in [1.165, 1.54) is 12.8 Å². The van der Waals surface area contributed by atoms with Crippen LogP contribution in [0.3, 0.4) is 0 Å². The Labute approximate surface area is 119 Å². The van der Waals surface area contributed by atoms with Crippen molar-refractivity contribution in [2.75, 3.05) is 11.9 Å². The summed E-state index contributed by atoms with van der Waals surface area (Å²) in [6.45, 7) is 3.34. The summed E-state index contributed by atoms with van der Waals surface area (Å²) in [4.78, 5) is 9.12. The zero-order chi connectivity index (χ0) is 13.8. The van der Waals surface area contributed by atoms with Crippen LogP contribution in [0.5, 0.6) is 5.75 Å². The molecule has 4 nitrogen and oxygen atoms in total.